The Morgan fingerprint density at radius 2 is 2.07 bits per heavy atom. The molecule has 1 aromatic heterocycles. The molecule has 152 valence electrons. The third-order valence-corrected chi connectivity index (χ3v) is 6.73. The summed E-state index contributed by atoms with van der Waals surface area (Å²) in [5, 5.41) is 4.21. The molecule has 2 aromatic carbocycles. The Morgan fingerprint density at radius 1 is 1.24 bits per heavy atom. The molecule has 1 amide bonds. The maximum atomic E-state index is 12.7. The van der Waals surface area contributed by atoms with Crippen LogP contribution in [0.4, 0.5) is 5.13 Å². The standard InChI is InChI=1S/C24H29N3OS/c1-17-14-18(2)22-21(15-17)29-24(26-22)27-13-7-11-20(16-27)23(28)25-12-6-10-19-8-4-3-5-9-19/h3-5,8-9,14-15,20H,6-7,10-13,16H2,1-2H3,(H,25,28). The van der Waals surface area contributed by atoms with Crippen molar-refractivity contribution in [3.8, 4) is 0 Å². The lowest BCUT2D eigenvalue weighted by Crippen LogP contribution is -2.43. The molecule has 1 aliphatic rings. The summed E-state index contributed by atoms with van der Waals surface area (Å²) in [6.07, 6.45) is 3.98. The number of anilines is 1. The van der Waals surface area contributed by atoms with Gasteiger partial charge in [-0.3, -0.25) is 4.79 Å². The van der Waals surface area contributed by atoms with E-state index in [1.54, 1.807) is 11.3 Å². The number of aryl methyl sites for hydroxylation is 3. The summed E-state index contributed by atoms with van der Waals surface area (Å²) in [4.78, 5) is 19.9. The van der Waals surface area contributed by atoms with Crippen LogP contribution in [0.1, 0.15) is 36.0 Å². The molecule has 0 aliphatic carbocycles. The van der Waals surface area contributed by atoms with E-state index >= 15 is 0 Å². The maximum absolute atomic E-state index is 12.7. The first-order valence-electron chi connectivity index (χ1n) is 10.5. The monoisotopic (exact) mass is 407 g/mol. The van der Waals surface area contributed by atoms with Gasteiger partial charge in [0, 0.05) is 19.6 Å². The Labute approximate surface area is 177 Å². The quantitative estimate of drug-likeness (QED) is 0.593. The van der Waals surface area contributed by atoms with E-state index in [0.717, 1.165) is 56.0 Å². The Hall–Kier alpha value is -2.40. The maximum Gasteiger partial charge on any atom is 0.224 e. The third kappa shape index (κ3) is 4.78. The van der Waals surface area contributed by atoms with Crippen molar-refractivity contribution in [1.29, 1.82) is 0 Å². The fourth-order valence-corrected chi connectivity index (χ4v) is 5.33. The van der Waals surface area contributed by atoms with Crippen molar-refractivity contribution in [2.75, 3.05) is 24.5 Å². The Balaban J connectivity index is 1.33. The molecule has 1 fully saturated rings. The fourth-order valence-electron chi connectivity index (χ4n) is 4.15. The van der Waals surface area contributed by atoms with Gasteiger partial charge in [-0.1, -0.05) is 47.7 Å². The molecule has 4 rings (SSSR count). The second kappa shape index (κ2) is 8.95. The van der Waals surface area contributed by atoms with Gasteiger partial charge in [-0.15, -0.1) is 0 Å². The lowest BCUT2D eigenvalue weighted by Gasteiger charge is -2.31. The summed E-state index contributed by atoms with van der Waals surface area (Å²) in [5.74, 6) is 0.242. The summed E-state index contributed by atoms with van der Waals surface area (Å²) >= 11 is 1.75. The van der Waals surface area contributed by atoms with Gasteiger partial charge >= 0.3 is 0 Å². The highest BCUT2D eigenvalue weighted by Gasteiger charge is 2.27. The second-order valence-corrected chi connectivity index (χ2v) is 9.10. The van der Waals surface area contributed by atoms with Gasteiger partial charge in [0.2, 0.25) is 5.91 Å². The lowest BCUT2D eigenvalue weighted by molar-refractivity contribution is -0.125. The molecular formula is C24H29N3OS. The number of nitrogens with zero attached hydrogens (tertiary/aromatic N) is 2. The molecule has 5 heteroatoms. The van der Waals surface area contributed by atoms with Gasteiger partial charge in [-0.2, -0.15) is 0 Å². The van der Waals surface area contributed by atoms with E-state index in [2.05, 4.69) is 60.5 Å². The molecule has 1 atom stereocenters. The minimum atomic E-state index is 0.0512. The predicted molar refractivity (Wildman–Crippen MR) is 122 cm³/mol. The van der Waals surface area contributed by atoms with Crippen LogP contribution in [0.2, 0.25) is 0 Å². The van der Waals surface area contributed by atoms with Gasteiger partial charge in [0.25, 0.3) is 0 Å². The fraction of sp³-hybridized carbons (Fsp3) is 0.417. The Kier molecular flexibility index (Phi) is 6.14. The average Bonchev–Trinajstić information content (AvgIpc) is 3.16. The number of hydrogen-bond donors (Lipinski definition) is 1. The number of fused-ring (bicyclic) bond motifs is 1. The van der Waals surface area contributed by atoms with Crippen molar-refractivity contribution >= 4 is 32.6 Å². The highest BCUT2D eigenvalue weighted by atomic mass is 32.1. The van der Waals surface area contributed by atoms with Crippen LogP contribution < -0.4 is 10.2 Å². The van der Waals surface area contributed by atoms with Gasteiger partial charge < -0.3 is 10.2 Å². The molecule has 0 bridgehead atoms. The van der Waals surface area contributed by atoms with E-state index in [-0.39, 0.29) is 11.8 Å². The number of thiazole rings is 1. The third-order valence-electron chi connectivity index (χ3n) is 5.67. The van der Waals surface area contributed by atoms with Crippen molar-refractivity contribution in [1.82, 2.24) is 10.3 Å². The molecule has 1 N–H and O–H groups in total. The number of carbonyl (C=O) groups excluding carboxylic acids is 1. The summed E-state index contributed by atoms with van der Waals surface area (Å²) in [7, 11) is 0. The van der Waals surface area contributed by atoms with Crippen LogP contribution in [0, 0.1) is 19.8 Å². The number of carbonyl (C=O) groups is 1. The van der Waals surface area contributed by atoms with Crippen LogP contribution in [0.15, 0.2) is 42.5 Å². The number of nitrogens with one attached hydrogen (secondary N) is 1. The summed E-state index contributed by atoms with van der Waals surface area (Å²) in [5.41, 5.74) is 4.93. The van der Waals surface area contributed by atoms with Crippen molar-refractivity contribution in [2.45, 2.75) is 39.5 Å². The summed E-state index contributed by atoms with van der Waals surface area (Å²) in [6.45, 7) is 6.74. The average molecular weight is 408 g/mol. The van der Waals surface area contributed by atoms with Gasteiger partial charge in [-0.25, -0.2) is 4.98 Å². The van der Waals surface area contributed by atoms with E-state index in [1.165, 1.54) is 21.4 Å². The Bertz CT molecular complexity index is 982. The summed E-state index contributed by atoms with van der Waals surface area (Å²) in [6, 6.07) is 14.8. The SMILES string of the molecule is Cc1cc(C)c2nc(N3CCCC(C(=O)NCCCc4ccccc4)C3)sc2c1. The minimum absolute atomic E-state index is 0.0512. The highest BCUT2D eigenvalue weighted by molar-refractivity contribution is 7.22. The molecule has 4 nitrogen and oxygen atoms in total. The smallest absolute Gasteiger partial charge is 0.224 e. The largest absolute Gasteiger partial charge is 0.356 e. The number of rotatable bonds is 6. The predicted octanol–water partition coefficient (Wildman–Crippen LogP) is 4.88. The summed E-state index contributed by atoms with van der Waals surface area (Å²) < 4.78 is 1.24. The second-order valence-electron chi connectivity index (χ2n) is 8.09. The van der Waals surface area contributed by atoms with Gasteiger partial charge in [0.05, 0.1) is 16.1 Å². The molecule has 1 aliphatic heterocycles. The molecule has 0 radical (unpaired) electrons. The zero-order valence-corrected chi connectivity index (χ0v) is 18.1. The van der Waals surface area contributed by atoms with Gasteiger partial charge in [0.1, 0.15) is 0 Å². The molecular weight excluding hydrogens is 378 g/mol. The first-order chi connectivity index (χ1) is 14.1. The van der Waals surface area contributed by atoms with Crippen molar-refractivity contribution in [2.24, 2.45) is 5.92 Å². The highest BCUT2D eigenvalue weighted by Crippen LogP contribution is 2.33. The van der Waals surface area contributed by atoms with Crippen LogP contribution in [-0.2, 0) is 11.2 Å². The normalized spacial score (nSPS) is 16.9. The zero-order valence-electron chi connectivity index (χ0n) is 17.3. The van der Waals surface area contributed by atoms with Crippen LogP contribution in [0.3, 0.4) is 0 Å². The first kappa shape index (κ1) is 19.9. The van der Waals surface area contributed by atoms with Crippen LogP contribution >= 0.6 is 11.3 Å². The van der Waals surface area contributed by atoms with E-state index in [1.807, 2.05) is 6.07 Å². The van der Waals surface area contributed by atoms with Crippen molar-refractivity contribution in [3.05, 3.63) is 59.2 Å². The van der Waals surface area contributed by atoms with Crippen LogP contribution in [0.5, 0.6) is 0 Å². The number of hydrogen-bond acceptors (Lipinski definition) is 4. The van der Waals surface area contributed by atoms with Gasteiger partial charge in [-0.05, 0) is 62.3 Å². The van der Waals surface area contributed by atoms with E-state index in [9.17, 15) is 4.79 Å². The zero-order chi connectivity index (χ0) is 20.2. The number of benzene rings is 2. The number of piperidine rings is 1. The van der Waals surface area contributed by atoms with E-state index in [0.29, 0.717) is 0 Å². The Morgan fingerprint density at radius 3 is 2.90 bits per heavy atom. The van der Waals surface area contributed by atoms with Crippen molar-refractivity contribution in [3.63, 3.8) is 0 Å². The van der Waals surface area contributed by atoms with Crippen molar-refractivity contribution < 1.29 is 4.79 Å². The minimum Gasteiger partial charge on any atom is -0.356 e. The molecule has 1 saturated heterocycles. The van der Waals surface area contributed by atoms with E-state index in [4.69, 9.17) is 4.98 Å². The molecule has 2 heterocycles. The lowest BCUT2D eigenvalue weighted by atomic mass is 9.97. The number of aromatic nitrogens is 1. The number of amides is 1. The van der Waals surface area contributed by atoms with Gasteiger partial charge in [0.15, 0.2) is 5.13 Å². The van der Waals surface area contributed by atoms with Crippen LogP contribution in [-0.4, -0.2) is 30.5 Å². The van der Waals surface area contributed by atoms with E-state index < -0.39 is 0 Å². The molecule has 3 aromatic rings. The topological polar surface area (TPSA) is 45.2 Å². The molecule has 0 spiro atoms. The molecule has 29 heavy (non-hydrogen) atoms. The first-order valence-corrected chi connectivity index (χ1v) is 11.4. The van der Waals surface area contributed by atoms with Crippen LogP contribution in [0.25, 0.3) is 10.2 Å². The molecule has 1 unspecified atom stereocenters. The molecule has 0 saturated carbocycles.